The van der Waals surface area contributed by atoms with Crippen molar-refractivity contribution in [3.8, 4) is 5.75 Å². The lowest BCUT2D eigenvalue weighted by molar-refractivity contribution is -0.148. The fraction of sp³-hybridized carbons (Fsp3) is 0.651. The van der Waals surface area contributed by atoms with E-state index >= 15 is 0 Å². The normalized spacial score (nSPS) is 16.3. The van der Waals surface area contributed by atoms with Crippen LogP contribution in [0.3, 0.4) is 0 Å². The minimum absolute atomic E-state index is 0.0162. The highest BCUT2D eigenvalue weighted by molar-refractivity contribution is 8.76. The van der Waals surface area contributed by atoms with Gasteiger partial charge in [-0.25, -0.2) is 14.6 Å². The molecule has 1 aliphatic rings. The van der Waals surface area contributed by atoms with Crippen LogP contribution in [-0.4, -0.2) is 200 Å². The molecule has 0 saturated carbocycles. The molecular formula is C63H99N9O11S3. The van der Waals surface area contributed by atoms with Crippen molar-refractivity contribution in [2.45, 2.75) is 156 Å². The van der Waals surface area contributed by atoms with Gasteiger partial charge in [0.25, 0.3) is 5.91 Å². The van der Waals surface area contributed by atoms with Crippen LogP contribution in [0.1, 0.15) is 128 Å². The first-order valence-corrected chi connectivity index (χ1v) is 33.4. The molecule has 480 valence electrons. The summed E-state index contributed by atoms with van der Waals surface area (Å²) in [5.41, 5.74) is 1.56. The summed E-state index contributed by atoms with van der Waals surface area (Å²) in [6, 6.07) is 14.1. The molecule has 0 spiro atoms. The van der Waals surface area contributed by atoms with Crippen molar-refractivity contribution in [3.63, 3.8) is 0 Å². The van der Waals surface area contributed by atoms with E-state index in [4.69, 9.17) is 23.9 Å². The average molecular weight is 1250 g/mol. The molecule has 4 rings (SSSR count). The smallest absolute Gasteiger partial charge is 0.414 e. The van der Waals surface area contributed by atoms with Crippen LogP contribution < -0.4 is 20.7 Å². The number of ether oxygens (including phenoxy) is 4. The number of likely N-dealkylation sites (tertiary alicyclic amines) is 1. The number of hydrogen-bond acceptors (Lipinski definition) is 16. The van der Waals surface area contributed by atoms with E-state index in [2.05, 4.69) is 16.0 Å². The van der Waals surface area contributed by atoms with E-state index in [1.54, 1.807) is 96.1 Å². The number of carbonyl (C=O) groups is 7. The van der Waals surface area contributed by atoms with Crippen molar-refractivity contribution in [2.75, 3.05) is 87.1 Å². The fourth-order valence-corrected chi connectivity index (χ4v) is 13.6. The molecule has 1 saturated heterocycles. The lowest BCUT2D eigenvalue weighted by Crippen LogP contribution is -2.59. The Hall–Kier alpha value is -5.46. The fourth-order valence-electron chi connectivity index (χ4n) is 10.6. The van der Waals surface area contributed by atoms with E-state index in [9.17, 15) is 33.6 Å². The number of methoxy groups -OCH3 is 2. The summed E-state index contributed by atoms with van der Waals surface area (Å²) < 4.78 is 23.2. The Balaban J connectivity index is 1.36. The molecule has 1 fully saturated rings. The van der Waals surface area contributed by atoms with E-state index in [-0.39, 0.29) is 65.5 Å². The van der Waals surface area contributed by atoms with Gasteiger partial charge in [-0.1, -0.05) is 119 Å². The van der Waals surface area contributed by atoms with Crippen LogP contribution in [0.5, 0.6) is 5.75 Å². The van der Waals surface area contributed by atoms with Gasteiger partial charge in [-0.2, -0.15) is 0 Å². The largest absolute Gasteiger partial charge is 0.444 e. The number of hydrogen-bond donors (Lipinski definition) is 3. The van der Waals surface area contributed by atoms with Crippen molar-refractivity contribution < 1.29 is 52.5 Å². The Morgan fingerprint density at radius 3 is 1.98 bits per heavy atom. The maximum absolute atomic E-state index is 14.6. The third-order valence-electron chi connectivity index (χ3n) is 15.5. The molecular weight excluding hydrogens is 1150 g/mol. The number of nitrogens with one attached hydrogen (secondary N) is 3. The van der Waals surface area contributed by atoms with Crippen LogP contribution in [-0.2, 0) is 46.2 Å². The van der Waals surface area contributed by atoms with Crippen molar-refractivity contribution in [1.82, 2.24) is 45.4 Å². The summed E-state index contributed by atoms with van der Waals surface area (Å²) in [6.45, 7) is 21.0. The first-order valence-electron chi connectivity index (χ1n) is 30.0. The lowest BCUT2D eigenvalue weighted by atomic mass is 9.89. The molecule has 23 heteroatoms. The molecule has 86 heavy (non-hydrogen) atoms. The molecule has 0 bridgehead atoms. The van der Waals surface area contributed by atoms with Gasteiger partial charge in [0.1, 0.15) is 28.1 Å². The van der Waals surface area contributed by atoms with Gasteiger partial charge in [-0.05, 0) is 102 Å². The maximum Gasteiger partial charge on any atom is 0.414 e. The highest BCUT2D eigenvalue weighted by Crippen LogP contribution is 2.31. The number of likely N-dealkylation sites (N-methyl/N-ethyl adjacent to an activating group) is 2. The van der Waals surface area contributed by atoms with E-state index in [1.807, 2.05) is 124 Å². The maximum atomic E-state index is 14.6. The molecule has 20 nitrogen and oxygen atoms in total. The second kappa shape index (κ2) is 35.5. The molecule has 3 N–H and O–H groups in total. The van der Waals surface area contributed by atoms with Gasteiger partial charge < -0.3 is 54.5 Å². The van der Waals surface area contributed by atoms with Gasteiger partial charge in [0.2, 0.25) is 23.6 Å². The topological polar surface area (TPSA) is 222 Å². The monoisotopic (exact) mass is 1250 g/mol. The van der Waals surface area contributed by atoms with E-state index < -0.39 is 60.0 Å². The highest BCUT2D eigenvalue weighted by Gasteiger charge is 2.44. The predicted molar refractivity (Wildman–Crippen MR) is 343 cm³/mol. The standard InChI is InChI=1S/C63H99N9O11S3/c1-18-42(6)54(71(15)60(77)52(40(2)3)67-58(76)53(41(4)5)68(11)12)50(80-16)38-51(73)72-32-22-25-49(72)55(81-17)43(7)56(74)65-47(37-45-23-20-19-21-24-45)59-66-48(39-84-59)57(75)64-31-30-44-26-28-46(29-27-44)82-61(78)69(13)33-35-85-86-36-34-70(14)62(79)83-63(8,9)10/h19-21,23-24,26-29,39-43,47,49-50,52-55H,18,22,25,30-38H2,1-17H3,(H,64,75)(H,65,74)(H,67,76)/t42-,43+,47-,49-,50+,52-,53-,54-,55+/m0/s1. The van der Waals surface area contributed by atoms with Gasteiger partial charge >= 0.3 is 12.2 Å². The van der Waals surface area contributed by atoms with Crippen molar-refractivity contribution in [1.29, 1.82) is 0 Å². The molecule has 1 aromatic heterocycles. The highest BCUT2D eigenvalue weighted by atomic mass is 33.1. The van der Waals surface area contributed by atoms with Crippen LogP contribution in [0.4, 0.5) is 9.59 Å². The molecule has 2 heterocycles. The summed E-state index contributed by atoms with van der Waals surface area (Å²) in [6.07, 6.45) is 0.748. The molecule has 7 amide bonds. The Morgan fingerprint density at radius 2 is 1.42 bits per heavy atom. The van der Waals surface area contributed by atoms with Crippen LogP contribution in [0.25, 0.3) is 0 Å². The number of amides is 7. The number of rotatable bonds is 33. The third-order valence-corrected chi connectivity index (χ3v) is 18.9. The number of thiazole rings is 1. The Bertz CT molecular complexity index is 2610. The van der Waals surface area contributed by atoms with Crippen molar-refractivity contribution >= 4 is 74.6 Å². The summed E-state index contributed by atoms with van der Waals surface area (Å²) in [4.78, 5) is 109. The molecule has 2 aromatic carbocycles. The quantitative estimate of drug-likeness (QED) is 0.0383. The molecule has 1 aliphatic heterocycles. The van der Waals surface area contributed by atoms with Crippen LogP contribution in [0.2, 0.25) is 0 Å². The molecule has 0 unspecified atom stereocenters. The van der Waals surface area contributed by atoms with Crippen LogP contribution in [0, 0.1) is 23.7 Å². The zero-order valence-electron chi connectivity index (χ0n) is 54.0. The minimum Gasteiger partial charge on any atom is -0.444 e. The zero-order valence-corrected chi connectivity index (χ0v) is 56.5. The summed E-state index contributed by atoms with van der Waals surface area (Å²) in [7, 11) is 15.2. The molecule has 3 aromatic rings. The van der Waals surface area contributed by atoms with Gasteiger partial charge in [-0.3, -0.25) is 28.9 Å². The number of carbonyl (C=O) groups excluding carboxylic acids is 7. The van der Waals surface area contributed by atoms with Gasteiger partial charge in [0.05, 0.1) is 48.7 Å². The zero-order chi connectivity index (χ0) is 64.0. The molecule has 9 atom stereocenters. The van der Waals surface area contributed by atoms with E-state index in [0.717, 1.165) is 11.1 Å². The minimum atomic E-state index is -0.799. The summed E-state index contributed by atoms with van der Waals surface area (Å²) >= 11 is 1.29. The number of nitrogens with zero attached hydrogens (tertiary/aromatic N) is 6. The van der Waals surface area contributed by atoms with E-state index in [1.165, 1.54) is 16.2 Å². The van der Waals surface area contributed by atoms with Gasteiger partial charge in [-0.15, -0.1) is 11.3 Å². The summed E-state index contributed by atoms with van der Waals surface area (Å²) in [5, 5.41) is 11.5. The van der Waals surface area contributed by atoms with Crippen molar-refractivity contribution in [2.24, 2.45) is 23.7 Å². The SMILES string of the molecule is CC[C@H](C)[C@@H]([C@@H](CC(=O)N1CCC[C@H]1[C@H](OC)[C@@H](C)C(=O)N[C@@H](Cc1ccccc1)c1nc(C(=O)NCCc2ccc(OC(=O)N(C)CCSSCCN(C)C(=O)OC(C)(C)C)cc2)cs1)OC)N(C)C(=O)[C@@H](NC(=O)[C@H](C(C)C)N(C)C)C(C)C. The second-order valence-electron chi connectivity index (χ2n) is 24.3. The number of benzene rings is 2. The second-order valence-corrected chi connectivity index (χ2v) is 27.9. The predicted octanol–water partition coefficient (Wildman–Crippen LogP) is 8.84. The molecule has 0 aliphatic carbocycles. The van der Waals surface area contributed by atoms with Crippen LogP contribution >= 0.6 is 32.9 Å². The van der Waals surface area contributed by atoms with E-state index in [0.29, 0.717) is 80.5 Å². The Kier molecular flexibility index (Phi) is 30.2. The lowest BCUT2D eigenvalue weighted by Gasteiger charge is -2.41. The summed E-state index contributed by atoms with van der Waals surface area (Å²) in [5.74, 6) is -0.471. The van der Waals surface area contributed by atoms with Gasteiger partial charge in [0, 0.05) is 78.4 Å². The molecule has 0 radical (unpaired) electrons. The number of aromatic nitrogens is 1. The van der Waals surface area contributed by atoms with Crippen LogP contribution in [0.15, 0.2) is 60.0 Å². The van der Waals surface area contributed by atoms with Crippen molar-refractivity contribution in [3.05, 3.63) is 81.8 Å². The first kappa shape index (κ1) is 73.0. The Morgan fingerprint density at radius 1 is 0.791 bits per heavy atom. The average Bonchev–Trinajstić information content (AvgIpc) is 2.36. The van der Waals surface area contributed by atoms with Gasteiger partial charge in [0.15, 0.2) is 0 Å². The third kappa shape index (κ3) is 22.3. The Labute approximate surface area is 524 Å². The first-order chi connectivity index (χ1) is 40.6.